The highest BCUT2D eigenvalue weighted by atomic mass is 19.1. The molecule has 3 heterocycles. The van der Waals surface area contributed by atoms with E-state index in [1.54, 1.807) is 23.0 Å². The van der Waals surface area contributed by atoms with E-state index in [2.05, 4.69) is 16.2 Å². The van der Waals surface area contributed by atoms with Gasteiger partial charge < -0.3 is 16.2 Å². The van der Waals surface area contributed by atoms with Crippen molar-refractivity contribution >= 4 is 11.5 Å². The molecule has 0 saturated heterocycles. The fraction of sp³-hybridized carbons (Fsp3) is 0.308. The number of nitrogens with zero attached hydrogens (tertiary/aromatic N) is 5. The zero-order valence-electron chi connectivity index (χ0n) is 19.6. The molecule has 0 radical (unpaired) electrons. The molecule has 1 fully saturated rings. The molecule has 8 nitrogen and oxygen atoms in total. The lowest BCUT2D eigenvalue weighted by atomic mass is 9.96. The topological polar surface area (TPSA) is 128 Å². The van der Waals surface area contributed by atoms with Gasteiger partial charge in [0.2, 0.25) is 0 Å². The number of benzene rings is 1. The number of pyridine rings is 1. The van der Waals surface area contributed by atoms with Crippen LogP contribution in [0, 0.1) is 30.0 Å². The first kappa shape index (κ1) is 22.6. The lowest BCUT2D eigenvalue weighted by molar-refractivity contribution is 0.226. The van der Waals surface area contributed by atoms with Gasteiger partial charge in [-0.2, -0.15) is 10.4 Å². The normalized spacial score (nSPS) is 20.1. The molecular formula is C26H26FN7O. The number of ether oxygens (including phenoxy) is 1. The second-order valence-corrected chi connectivity index (χ2v) is 9.07. The van der Waals surface area contributed by atoms with Gasteiger partial charge in [-0.1, -0.05) is 0 Å². The summed E-state index contributed by atoms with van der Waals surface area (Å²) >= 11 is 0. The van der Waals surface area contributed by atoms with Crippen molar-refractivity contribution in [3.05, 3.63) is 76.1 Å². The molecule has 0 amide bonds. The maximum Gasteiger partial charge on any atom is 0.166 e. The Kier molecular flexibility index (Phi) is 5.73. The zero-order chi connectivity index (χ0) is 24.7. The van der Waals surface area contributed by atoms with Gasteiger partial charge >= 0.3 is 0 Å². The number of nitrogens with two attached hydrogens (primary N) is 2. The van der Waals surface area contributed by atoms with Crippen LogP contribution in [-0.4, -0.2) is 27.0 Å². The lowest BCUT2D eigenvalue weighted by Crippen LogP contribution is -2.19. The Morgan fingerprint density at radius 2 is 2.11 bits per heavy atom. The van der Waals surface area contributed by atoms with E-state index in [0.717, 1.165) is 24.2 Å². The number of fused-ring (bicyclic) bond motifs is 5. The molecule has 4 N–H and O–H groups in total. The molecule has 2 aliphatic rings. The molecular weight excluding hydrogens is 445 g/mol. The van der Waals surface area contributed by atoms with Gasteiger partial charge in [-0.3, -0.25) is 4.99 Å². The summed E-state index contributed by atoms with van der Waals surface area (Å²) in [4.78, 5) is 9.23. The first-order chi connectivity index (χ1) is 16.8. The number of allylic oxidation sites excluding steroid dienone is 2. The average Bonchev–Trinajstić information content (AvgIpc) is 3.59. The molecule has 35 heavy (non-hydrogen) atoms. The van der Waals surface area contributed by atoms with Gasteiger partial charge in [0.15, 0.2) is 11.6 Å². The van der Waals surface area contributed by atoms with Crippen molar-refractivity contribution in [2.75, 3.05) is 12.3 Å². The number of anilines is 1. The maximum absolute atomic E-state index is 14.3. The molecule has 178 valence electrons. The standard InChI is InChI=1S/C26H26FN7O/c1-14-7-19-10-21(22(29)11-28)25(31-12-16-3-4-16)17-8-24(26(30)32-13-17)35-15(2)20-9-18(27)5-6-23(20)34(19)33-14/h5-9,13,15-16H,3-4,10,12,29H2,1-2H3,(H2,30,32)/b22-21-,31-25?. The number of aryl methyl sites for hydroxylation is 1. The number of hydrogen-bond acceptors (Lipinski definition) is 7. The summed E-state index contributed by atoms with van der Waals surface area (Å²) < 4.78 is 22.3. The van der Waals surface area contributed by atoms with Crippen LogP contribution in [0.3, 0.4) is 0 Å². The van der Waals surface area contributed by atoms with E-state index in [-0.39, 0.29) is 17.3 Å². The van der Waals surface area contributed by atoms with E-state index in [1.807, 2.05) is 19.9 Å². The van der Waals surface area contributed by atoms with Crippen molar-refractivity contribution in [1.29, 1.82) is 5.26 Å². The number of halogens is 1. The first-order valence-electron chi connectivity index (χ1n) is 11.6. The molecule has 3 aromatic rings. The summed E-state index contributed by atoms with van der Waals surface area (Å²) in [7, 11) is 0. The second kappa shape index (κ2) is 8.87. The summed E-state index contributed by atoms with van der Waals surface area (Å²) in [6, 6.07) is 10.3. The molecule has 5 rings (SSSR count). The van der Waals surface area contributed by atoms with E-state index in [0.29, 0.717) is 52.7 Å². The smallest absolute Gasteiger partial charge is 0.166 e. The van der Waals surface area contributed by atoms with Crippen LogP contribution in [0.1, 0.15) is 48.4 Å². The molecule has 1 atom stereocenters. The van der Waals surface area contributed by atoms with Crippen molar-refractivity contribution in [1.82, 2.24) is 14.8 Å². The summed E-state index contributed by atoms with van der Waals surface area (Å²) in [5, 5.41) is 14.4. The Labute approximate surface area is 202 Å². The lowest BCUT2D eigenvalue weighted by Gasteiger charge is -2.22. The molecule has 0 spiro atoms. The predicted molar refractivity (Wildman–Crippen MR) is 131 cm³/mol. The zero-order valence-corrected chi connectivity index (χ0v) is 19.6. The third-order valence-electron chi connectivity index (χ3n) is 6.31. The highest BCUT2D eigenvalue weighted by molar-refractivity contribution is 6.13. The number of nitriles is 1. The maximum atomic E-state index is 14.3. The van der Waals surface area contributed by atoms with Gasteiger partial charge in [-0.05, 0) is 62.9 Å². The quantitative estimate of drug-likeness (QED) is 0.545. The van der Waals surface area contributed by atoms with Crippen molar-refractivity contribution in [2.45, 2.75) is 39.2 Å². The summed E-state index contributed by atoms with van der Waals surface area (Å²) in [5.41, 5.74) is 17.1. The van der Waals surface area contributed by atoms with E-state index < -0.39 is 6.10 Å². The largest absolute Gasteiger partial charge is 0.482 e. The van der Waals surface area contributed by atoms with Crippen molar-refractivity contribution < 1.29 is 9.13 Å². The van der Waals surface area contributed by atoms with E-state index in [4.69, 9.17) is 21.2 Å². The fourth-order valence-corrected chi connectivity index (χ4v) is 4.30. The van der Waals surface area contributed by atoms with Crippen LogP contribution in [-0.2, 0) is 6.42 Å². The Morgan fingerprint density at radius 3 is 2.86 bits per heavy atom. The van der Waals surface area contributed by atoms with Gasteiger partial charge in [-0.15, -0.1) is 0 Å². The third-order valence-corrected chi connectivity index (χ3v) is 6.31. The van der Waals surface area contributed by atoms with Crippen LogP contribution < -0.4 is 16.2 Å². The van der Waals surface area contributed by atoms with Crippen LogP contribution in [0.15, 0.2) is 52.8 Å². The monoisotopic (exact) mass is 471 g/mol. The molecule has 2 aromatic heterocycles. The van der Waals surface area contributed by atoms with Gasteiger partial charge in [-0.25, -0.2) is 14.1 Å². The van der Waals surface area contributed by atoms with Crippen molar-refractivity contribution in [3.63, 3.8) is 0 Å². The number of rotatable bonds is 2. The SMILES string of the molecule is Cc1cc2n(n1)-c1ccc(F)cc1C(C)Oc1cc(cnc1N)C(=NCC1CC1)/C(=C(\N)C#N)C2. The van der Waals surface area contributed by atoms with Gasteiger partial charge in [0.05, 0.1) is 17.1 Å². The first-order valence-corrected chi connectivity index (χ1v) is 11.6. The van der Waals surface area contributed by atoms with Crippen molar-refractivity contribution in [3.8, 4) is 17.5 Å². The number of aromatic nitrogens is 3. The minimum absolute atomic E-state index is 0.0639. The van der Waals surface area contributed by atoms with Gasteiger partial charge in [0.1, 0.15) is 23.7 Å². The fourth-order valence-electron chi connectivity index (χ4n) is 4.30. The molecule has 1 aliphatic carbocycles. The van der Waals surface area contributed by atoms with E-state index in [9.17, 15) is 9.65 Å². The Bertz CT molecular complexity index is 1410. The predicted octanol–water partition coefficient (Wildman–Crippen LogP) is 3.93. The van der Waals surface area contributed by atoms with Crippen LogP contribution in [0.2, 0.25) is 0 Å². The molecule has 1 unspecified atom stereocenters. The van der Waals surface area contributed by atoms with Gasteiger partial charge in [0.25, 0.3) is 0 Å². The summed E-state index contributed by atoms with van der Waals surface area (Å²) in [6.07, 6.45) is 3.63. The summed E-state index contributed by atoms with van der Waals surface area (Å²) in [6.45, 7) is 4.34. The molecule has 1 aromatic carbocycles. The highest BCUT2D eigenvalue weighted by Crippen LogP contribution is 2.34. The number of nitrogen functional groups attached to an aromatic ring is 1. The second-order valence-electron chi connectivity index (χ2n) is 9.07. The van der Waals surface area contributed by atoms with Crippen molar-refractivity contribution in [2.24, 2.45) is 16.6 Å². The van der Waals surface area contributed by atoms with Crippen LogP contribution in [0.5, 0.6) is 5.75 Å². The molecule has 1 aliphatic heterocycles. The van der Waals surface area contributed by atoms with Gasteiger partial charge in [0, 0.05) is 41.6 Å². The summed E-state index contributed by atoms with van der Waals surface area (Å²) in [5.74, 6) is 0.684. The Balaban J connectivity index is 1.78. The number of hydrogen-bond donors (Lipinski definition) is 2. The molecule has 2 bridgehead atoms. The molecule has 9 heteroatoms. The van der Waals surface area contributed by atoms with Crippen LogP contribution >= 0.6 is 0 Å². The minimum Gasteiger partial charge on any atom is -0.482 e. The van der Waals surface area contributed by atoms with E-state index in [1.165, 1.54) is 12.1 Å². The molecule has 1 saturated carbocycles. The number of aliphatic imine (C=N–C) groups is 1. The highest BCUT2D eigenvalue weighted by Gasteiger charge is 2.26. The van der Waals surface area contributed by atoms with Crippen LogP contribution in [0.4, 0.5) is 10.2 Å². The average molecular weight is 472 g/mol. The minimum atomic E-state index is -0.553. The van der Waals surface area contributed by atoms with Crippen LogP contribution in [0.25, 0.3) is 5.69 Å². The Morgan fingerprint density at radius 1 is 1.31 bits per heavy atom. The Hall–Kier alpha value is -4.19. The van der Waals surface area contributed by atoms with E-state index >= 15 is 0 Å². The third kappa shape index (κ3) is 4.47.